The topological polar surface area (TPSA) is 58.3 Å². The van der Waals surface area contributed by atoms with Gasteiger partial charge in [-0.1, -0.05) is 13.8 Å². The zero-order valence-electron chi connectivity index (χ0n) is 9.71. The summed E-state index contributed by atoms with van der Waals surface area (Å²) in [6.07, 6.45) is 3.33. The van der Waals surface area contributed by atoms with Gasteiger partial charge in [-0.25, -0.2) is 4.98 Å². The van der Waals surface area contributed by atoms with Crippen LogP contribution in [0.1, 0.15) is 38.8 Å². The van der Waals surface area contributed by atoms with Crippen LogP contribution < -0.4 is 5.32 Å². The quantitative estimate of drug-likeness (QED) is 0.750. The molecule has 0 radical (unpaired) electrons. The van der Waals surface area contributed by atoms with Crippen LogP contribution in [0.2, 0.25) is 0 Å². The van der Waals surface area contributed by atoms with Crippen LogP contribution in [0.15, 0.2) is 10.6 Å². The Bertz CT molecular complexity index is 295. The third-order valence-electron chi connectivity index (χ3n) is 2.49. The molecule has 1 aromatic rings. The van der Waals surface area contributed by atoms with Crippen LogP contribution in [0.3, 0.4) is 0 Å². The van der Waals surface area contributed by atoms with Gasteiger partial charge in [-0.3, -0.25) is 0 Å². The highest BCUT2D eigenvalue weighted by molar-refractivity contribution is 4.93. The second-order valence-electron chi connectivity index (χ2n) is 4.03. The Morgan fingerprint density at radius 3 is 2.80 bits per heavy atom. The van der Waals surface area contributed by atoms with Gasteiger partial charge in [0.2, 0.25) is 5.89 Å². The molecule has 1 atom stereocenters. The molecule has 0 bridgehead atoms. The summed E-state index contributed by atoms with van der Waals surface area (Å²) in [5.74, 6) is 1.58. The third-order valence-corrected chi connectivity index (χ3v) is 2.49. The van der Waals surface area contributed by atoms with Crippen molar-refractivity contribution in [3.8, 4) is 0 Å². The molecular formula is C11H20N2O2. The fourth-order valence-corrected chi connectivity index (χ4v) is 1.16. The molecule has 1 aromatic heterocycles. The molecule has 1 heterocycles. The number of aryl methyl sites for hydroxylation is 1. The van der Waals surface area contributed by atoms with E-state index in [9.17, 15) is 5.11 Å². The van der Waals surface area contributed by atoms with Crippen molar-refractivity contribution >= 4 is 0 Å². The number of hydrogen-bond acceptors (Lipinski definition) is 4. The first-order valence-corrected chi connectivity index (χ1v) is 5.44. The summed E-state index contributed by atoms with van der Waals surface area (Å²) in [6.45, 7) is 6.91. The molecule has 1 unspecified atom stereocenters. The van der Waals surface area contributed by atoms with Gasteiger partial charge in [-0.15, -0.1) is 0 Å². The van der Waals surface area contributed by atoms with Crippen molar-refractivity contribution in [2.45, 2.75) is 45.8 Å². The van der Waals surface area contributed by atoms with Crippen molar-refractivity contribution in [1.82, 2.24) is 10.3 Å². The Morgan fingerprint density at radius 1 is 1.53 bits per heavy atom. The van der Waals surface area contributed by atoms with E-state index >= 15 is 0 Å². The molecule has 2 N–H and O–H groups in total. The molecule has 0 aliphatic heterocycles. The molecule has 0 amide bonds. The number of nitrogens with zero attached hydrogens (tertiary/aromatic N) is 1. The number of aliphatic hydroxyl groups is 1. The Labute approximate surface area is 90.7 Å². The summed E-state index contributed by atoms with van der Waals surface area (Å²) in [5.41, 5.74) is -0.653. The highest BCUT2D eigenvalue weighted by Gasteiger charge is 2.16. The maximum absolute atomic E-state index is 9.74. The van der Waals surface area contributed by atoms with E-state index in [0.29, 0.717) is 19.0 Å². The minimum Gasteiger partial charge on any atom is -0.444 e. The smallest absolute Gasteiger partial charge is 0.208 e. The zero-order valence-corrected chi connectivity index (χ0v) is 9.71. The zero-order chi connectivity index (χ0) is 11.3. The number of oxazole rings is 1. The van der Waals surface area contributed by atoms with E-state index in [1.807, 2.05) is 20.8 Å². The van der Waals surface area contributed by atoms with Crippen LogP contribution in [0.4, 0.5) is 0 Å². The van der Waals surface area contributed by atoms with E-state index < -0.39 is 5.60 Å². The average molecular weight is 212 g/mol. The van der Waals surface area contributed by atoms with Crippen LogP contribution in [0, 0.1) is 0 Å². The van der Waals surface area contributed by atoms with Crippen LogP contribution in [0.5, 0.6) is 0 Å². The predicted molar refractivity (Wildman–Crippen MR) is 58.5 cm³/mol. The third kappa shape index (κ3) is 4.01. The fourth-order valence-electron chi connectivity index (χ4n) is 1.16. The summed E-state index contributed by atoms with van der Waals surface area (Å²) in [7, 11) is 0. The largest absolute Gasteiger partial charge is 0.444 e. The van der Waals surface area contributed by atoms with Gasteiger partial charge in [0.15, 0.2) is 0 Å². The molecule has 86 valence electrons. The molecule has 0 saturated carbocycles. The van der Waals surface area contributed by atoms with Crippen molar-refractivity contribution in [3.63, 3.8) is 0 Å². The highest BCUT2D eigenvalue weighted by atomic mass is 16.4. The van der Waals surface area contributed by atoms with E-state index in [4.69, 9.17) is 4.42 Å². The lowest BCUT2D eigenvalue weighted by atomic mass is 10.0. The van der Waals surface area contributed by atoms with Gasteiger partial charge >= 0.3 is 0 Å². The number of aromatic nitrogens is 1. The van der Waals surface area contributed by atoms with Crippen LogP contribution in [-0.2, 0) is 13.0 Å². The molecule has 0 fully saturated rings. The van der Waals surface area contributed by atoms with Crippen molar-refractivity contribution in [3.05, 3.63) is 17.8 Å². The standard InChI is InChI=1S/C11H20N2O2/c1-4-9-6-13-10(15-9)7-12-8-11(3,14)5-2/h6,12,14H,4-5,7-8H2,1-3H3. The first kappa shape index (κ1) is 12.2. The molecule has 0 aromatic carbocycles. The van der Waals surface area contributed by atoms with E-state index in [2.05, 4.69) is 10.3 Å². The van der Waals surface area contributed by atoms with E-state index in [1.165, 1.54) is 0 Å². The summed E-state index contributed by atoms with van der Waals surface area (Å²) in [5, 5.41) is 12.9. The summed E-state index contributed by atoms with van der Waals surface area (Å²) >= 11 is 0. The number of hydrogen-bond donors (Lipinski definition) is 2. The first-order chi connectivity index (χ1) is 7.07. The molecule has 4 nitrogen and oxygen atoms in total. The van der Waals surface area contributed by atoms with Crippen molar-refractivity contribution < 1.29 is 9.52 Å². The average Bonchev–Trinajstić information content (AvgIpc) is 2.66. The van der Waals surface area contributed by atoms with Gasteiger partial charge in [-0.2, -0.15) is 0 Å². The molecule has 15 heavy (non-hydrogen) atoms. The predicted octanol–water partition coefficient (Wildman–Crippen LogP) is 1.49. The number of rotatable bonds is 6. The van der Waals surface area contributed by atoms with E-state index in [-0.39, 0.29) is 0 Å². The van der Waals surface area contributed by atoms with Crippen molar-refractivity contribution in [1.29, 1.82) is 0 Å². The Hall–Kier alpha value is -0.870. The lowest BCUT2D eigenvalue weighted by Gasteiger charge is -2.20. The fraction of sp³-hybridized carbons (Fsp3) is 0.727. The van der Waals surface area contributed by atoms with Crippen LogP contribution >= 0.6 is 0 Å². The maximum atomic E-state index is 9.74. The second kappa shape index (κ2) is 5.28. The van der Waals surface area contributed by atoms with Gasteiger partial charge < -0.3 is 14.8 Å². The van der Waals surface area contributed by atoms with E-state index in [0.717, 1.165) is 18.6 Å². The van der Waals surface area contributed by atoms with Crippen molar-refractivity contribution in [2.24, 2.45) is 0 Å². The molecule has 4 heteroatoms. The van der Waals surface area contributed by atoms with Gasteiger partial charge in [-0.05, 0) is 13.3 Å². The Balaban J connectivity index is 2.31. The lowest BCUT2D eigenvalue weighted by Crippen LogP contribution is -2.36. The molecular weight excluding hydrogens is 192 g/mol. The minimum absolute atomic E-state index is 0.549. The Morgan fingerprint density at radius 2 is 2.27 bits per heavy atom. The monoisotopic (exact) mass is 212 g/mol. The number of nitrogens with one attached hydrogen (secondary N) is 1. The maximum Gasteiger partial charge on any atom is 0.208 e. The summed E-state index contributed by atoms with van der Waals surface area (Å²) in [6, 6.07) is 0. The minimum atomic E-state index is -0.653. The lowest BCUT2D eigenvalue weighted by molar-refractivity contribution is 0.0550. The SMILES string of the molecule is CCc1cnc(CNCC(C)(O)CC)o1. The second-order valence-corrected chi connectivity index (χ2v) is 4.03. The summed E-state index contributed by atoms with van der Waals surface area (Å²) in [4.78, 5) is 4.12. The first-order valence-electron chi connectivity index (χ1n) is 5.44. The molecule has 0 aliphatic carbocycles. The van der Waals surface area contributed by atoms with Crippen molar-refractivity contribution in [2.75, 3.05) is 6.54 Å². The molecule has 0 spiro atoms. The molecule has 0 aliphatic rings. The summed E-state index contributed by atoms with van der Waals surface area (Å²) < 4.78 is 5.43. The molecule has 1 rings (SSSR count). The highest BCUT2D eigenvalue weighted by Crippen LogP contribution is 2.07. The van der Waals surface area contributed by atoms with Gasteiger partial charge in [0.1, 0.15) is 5.76 Å². The Kier molecular flexibility index (Phi) is 4.29. The van der Waals surface area contributed by atoms with Gasteiger partial charge in [0, 0.05) is 13.0 Å². The van der Waals surface area contributed by atoms with Gasteiger partial charge in [0.25, 0.3) is 0 Å². The van der Waals surface area contributed by atoms with E-state index in [1.54, 1.807) is 6.20 Å². The van der Waals surface area contributed by atoms with Crippen LogP contribution in [0.25, 0.3) is 0 Å². The molecule has 0 saturated heterocycles. The normalized spacial score (nSPS) is 15.2. The van der Waals surface area contributed by atoms with Gasteiger partial charge in [0.05, 0.1) is 18.3 Å². The van der Waals surface area contributed by atoms with Crippen LogP contribution in [-0.4, -0.2) is 22.2 Å².